The largest absolute Gasteiger partial charge is 0.382 e. The van der Waals surface area contributed by atoms with Crippen molar-refractivity contribution in [2.45, 2.75) is 32.4 Å². The molecule has 2 nitrogen and oxygen atoms in total. The van der Waals surface area contributed by atoms with Crippen molar-refractivity contribution in [3.63, 3.8) is 0 Å². The molecule has 16 heavy (non-hydrogen) atoms. The van der Waals surface area contributed by atoms with Gasteiger partial charge >= 0.3 is 0 Å². The van der Waals surface area contributed by atoms with Crippen LogP contribution in [0, 0.1) is 0 Å². The minimum Gasteiger partial charge on any atom is -0.382 e. The highest BCUT2D eigenvalue weighted by atomic mass is 16.5. The number of methoxy groups -OCH3 is 1. The van der Waals surface area contributed by atoms with Gasteiger partial charge in [-0.2, -0.15) is 0 Å². The second kappa shape index (κ2) is 7.07. The summed E-state index contributed by atoms with van der Waals surface area (Å²) in [6.07, 6.45) is 4.10. The lowest BCUT2D eigenvalue weighted by atomic mass is 10.1. The molecule has 0 fully saturated rings. The zero-order chi connectivity index (χ0) is 11.8. The number of rotatable bonds is 7. The highest BCUT2D eigenvalue weighted by molar-refractivity contribution is 5.51. The van der Waals surface area contributed by atoms with Crippen molar-refractivity contribution in [3.8, 4) is 0 Å². The molecule has 0 radical (unpaired) electrons. The Bertz CT molecular complexity index is 322. The van der Waals surface area contributed by atoms with E-state index < -0.39 is 0 Å². The van der Waals surface area contributed by atoms with Gasteiger partial charge in [-0.25, -0.2) is 0 Å². The smallest absolute Gasteiger partial charge is 0.0733 e. The maximum absolute atomic E-state index is 5.18. The van der Waals surface area contributed by atoms with Crippen LogP contribution in [0.1, 0.15) is 25.3 Å². The van der Waals surface area contributed by atoms with Crippen LogP contribution in [0.2, 0.25) is 0 Å². The van der Waals surface area contributed by atoms with Crippen LogP contribution in [0.25, 0.3) is 0 Å². The predicted octanol–water partition coefficient (Wildman–Crippen LogP) is 3.60. The van der Waals surface area contributed by atoms with E-state index >= 15 is 0 Å². The average molecular weight is 219 g/mol. The first-order chi connectivity index (χ1) is 7.77. The number of hydrogen-bond acceptors (Lipinski definition) is 2. The lowest BCUT2D eigenvalue weighted by Gasteiger charge is -2.17. The van der Waals surface area contributed by atoms with Crippen LogP contribution >= 0.6 is 0 Å². The highest BCUT2D eigenvalue weighted by Gasteiger charge is 2.04. The third kappa shape index (κ3) is 4.07. The van der Waals surface area contributed by atoms with E-state index in [9.17, 15) is 0 Å². The summed E-state index contributed by atoms with van der Waals surface area (Å²) < 4.78 is 5.18. The van der Waals surface area contributed by atoms with Gasteiger partial charge in [-0.15, -0.1) is 6.58 Å². The van der Waals surface area contributed by atoms with Crippen molar-refractivity contribution in [2.24, 2.45) is 0 Å². The van der Waals surface area contributed by atoms with Crippen molar-refractivity contribution in [2.75, 3.05) is 12.4 Å². The Morgan fingerprint density at radius 2 is 2.19 bits per heavy atom. The maximum Gasteiger partial charge on any atom is 0.0733 e. The summed E-state index contributed by atoms with van der Waals surface area (Å²) in [6, 6.07) is 8.72. The van der Waals surface area contributed by atoms with E-state index in [0.717, 1.165) is 12.8 Å². The Morgan fingerprint density at radius 3 is 2.88 bits per heavy atom. The molecule has 2 heteroatoms. The highest BCUT2D eigenvalue weighted by Crippen LogP contribution is 2.17. The minimum absolute atomic E-state index is 0.455. The zero-order valence-corrected chi connectivity index (χ0v) is 10.2. The Morgan fingerprint density at radius 1 is 1.44 bits per heavy atom. The second-order valence-electron chi connectivity index (χ2n) is 4.00. The summed E-state index contributed by atoms with van der Waals surface area (Å²) in [5.41, 5.74) is 2.37. The molecule has 0 aliphatic rings. The van der Waals surface area contributed by atoms with Crippen LogP contribution in [-0.2, 0) is 11.3 Å². The third-order valence-electron chi connectivity index (χ3n) is 2.52. The number of para-hydroxylation sites is 1. The average Bonchev–Trinajstić information content (AvgIpc) is 2.29. The van der Waals surface area contributed by atoms with E-state index in [1.54, 1.807) is 7.11 Å². The Balaban J connectivity index is 2.60. The molecular formula is C14H21NO. The summed E-state index contributed by atoms with van der Waals surface area (Å²) in [5, 5.41) is 3.50. The summed E-state index contributed by atoms with van der Waals surface area (Å²) in [6.45, 7) is 6.58. The van der Waals surface area contributed by atoms with E-state index in [1.165, 1.54) is 11.3 Å². The van der Waals surface area contributed by atoms with Gasteiger partial charge in [-0.3, -0.25) is 0 Å². The quantitative estimate of drug-likeness (QED) is 0.707. The van der Waals surface area contributed by atoms with E-state index in [-0.39, 0.29) is 0 Å². The van der Waals surface area contributed by atoms with Crippen LogP contribution in [0.3, 0.4) is 0 Å². The maximum atomic E-state index is 5.18. The molecule has 0 spiro atoms. The molecule has 1 atom stereocenters. The summed E-state index contributed by atoms with van der Waals surface area (Å²) in [7, 11) is 1.72. The molecule has 0 saturated heterocycles. The van der Waals surface area contributed by atoms with Crippen molar-refractivity contribution < 1.29 is 4.74 Å². The molecule has 88 valence electrons. The minimum atomic E-state index is 0.455. The van der Waals surface area contributed by atoms with Crippen molar-refractivity contribution in [3.05, 3.63) is 42.5 Å². The fourth-order valence-corrected chi connectivity index (χ4v) is 1.65. The van der Waals surface area contributed by atoms with Gasteiger partial charge in [-0.05, 0) is 25.8 Å². The number of anilines is 1. The lowest BCUT2D eigenvalue weighted by molar-refractivity contribution is 0.185. The Kier molecular flexibility index (Phi) is 5.65. The molecule has 1 N–H and O–H groups in total. The second-order valence-corrected chi connectivity index (χ2v) is 4.00. The van der Waals surface area contributed by atoms with Gasteiger partial charge in [0.1, 0.15) is 0 Å². The topological polar surface area (TPSA) is 21.3 Å². The molecule has 1 aromatic rings. The van der Waals surface area contributed by atoms with Gasteiger partial charge in [-0.1, -0.05) is 24.3 Å². The van der Waals surface area contributed by atoms with Crippen molar-refractivity contribution in [1.29, 1.82) is 0 Å². The molecule has 1 unspecified atom stereocenters. The molecule has 0 aliphatic heterocycles. The van der Waals surface area contributed by atoms with Gasteiger partial charge in [0.15, 0.2) is 0 Å². The molecule has 0 aromatic heterocycles. The third-order valence-corrected chi connectivity index (χ3v) is 2.52. The first-order valence-corrected chi connectivity index (χ1v) is 5.72. The molecular weight excluding hydrogens is 198 g/mol. The van der Waals surface area contributed by atoms with Gasteiger partial charge in [0.25, 0.3) is 0 Å². The Labute approximate surface area is 98.3 Å². The van der Waals surface area contributed by atoms with Gasteiger partial charge in [0.05, 0.1) is 6.61 Å². The summed E-state index contributed by atoms with van der Waals surface area (Å²) in [5.74, 6) is 0. The molecule has 0 heterocycles. The molecule has 1 rings (SSSR count). The van der Waals surface area contributed by atoms with E-state index in [4.69, 9.17) is 4.74 Å². The summed E-state index contributed by atoms with van der Waals surface area (Å²) in [4.78, 5) is 0. The Hall–Kier alpha value is -1.28. The zero-order valence-electron chi connectivity index (χ0n) is 10.2. The molecule has 0 saturated carbocycles. The van der Waals surface area contributed by atoms with Gasteiger partial charge < -0.3 is 10.1 Å². The van der Waals surface area contributed by atoms with E-state index in [1.807, 2.05) is 18.2 Å². The normalized spacial score (nSPS) is 12.1. The fourth-order valence-electron chi connectivity index (χ4n) is 1.65. The predicted molar refractivity (Wildman–Crippen MR) is 69.7 cm³/mol. The number of nitrogens with one attached hydrogen (secondary N) is 1. The molecule has 0 aliphatic carbocycles. The van der Waals surface area contributed by atoms with Crippen molar-refractivity contribution in [1.82, 2.24) is 0 Å². The number of benzene rings is 1. The molecule has 1 aromatic carbocycles. The van der Waals surface area contributed by atoms with Crippen LogP contribution in [0.4, 0.5) is 5.69 Å². The standard InChI is InChI=1S/C14H21NO/c1-4-5-8-12(2)15-14-10-7-6-9-13(14)11-16-3/h4,6-7,9-10,12,15H,1,5,8,11H2,2-3H3. The van der Waals surface area contributed by atoms with Gasteiger partial charge in [0, 0.05) is 24.4 Å². The lowest BCUT2D eigenvalue weighted by Crippen LogP contribution is -2.15. The van der Waals surface area contributed by atoms with E-state index in [2.05, 4.69) is 31.0 Å². The van der Waals surface area contributed by atoms with E-state index in [0.29, 0.717) is 12.6 Å². The van der Waals surface area contributed by atoms with Gasteiger partial charge in [0.2, 0.25) is 0 Å². The van der Waals surface area contributed by atoms with Crippen LogP contribution in [0.5, 0.6) is 0 Å². The van der Waals surface area contributed by atoms with Crippen LogP contribution < -0.4 is 5.32 Å². The number of allylic oxidation sites excluding steroid dienone is 1. The fraction of sp³-hybridized carbons (Fsp3) is 0.429. The van der Waals surface area contributed by atoms with Crippen molar-refractivity contribution >= 4 is 5.69 Å². The first-order valence-electron chi connectivity index (χ1n) is 5.72. The summed E-state index contributed by atoms with van der Waals surface area (Å²) >= 11 is 0. The van der Waals surface area contributed by atoms with Crippen LogP contribution in [0.15, 0.2) is 36.9 Å². The number of ether oxygens (including phenoxy) is 1. The molecule has 0 bridgehead atoms. The monoisotopic (exact) mass is 219 g/mol. The first kappa shape index (κ1) is 12.8. The van der Waals surface area contributed by atoms with Crippen LogP contribution in [-0.4, -0.2) is 13.2 Å². The SMILES string of the molecule is C=CCCC(C)Nc1ccccc1COC. The number of hydrogen-bond donors (Lipinski definition) is 1. The molecule has 0 amide bonds.